The molecule has 1 amide bonds. The van der Waals surface area contributed by atoms with Crippen LogP contribution < -0.4 is 5.32 Å². The van der Waals surface area contributed by atoms with Crippen molar-refractivity contribution in [3.63, 3.8) is 0 Å². The molecule has 4 nitrogen and oxygen atoms in total. The molecule has 0 spiro atoms. The van der Waals surface area contributed by atoms with Gasteiger partial charge < -0.3 is 10.1 Å². The first kappa shape index (κ1) is 15.0. The number of carbonyl (C=O) groups excluding carboxylic acids is 2. The summed E-state index contributed by atoms with van der Waals surface area (Å²) in [7, 11) is 1.23. The number of ether oxygens (including phenoxy) is 1. The van der Waals surface area contributed by atoms with Crippen molar-refractivity contribution in [3.05, 3.63) is 35.1 Å². The lowest BCUT2D eigenvalue weighted by molar-refractivity contribution is -0.140. The average Bonchev–Trinajstić information content (AvgIpc) is 2.40. The highest BCUT2D eigenvalue weighted by molar-refractivity contribution is 5.94. The Morgan fingerprint density at radius 2 is 1.89 bits per heavy atom. The van der Waals surface area contributed by atoms with Gasteiger partial charge in [-0.25, -0.2) is 13.2 Å². The molecule has 19 heavy (non-hydrogen) atoms. The summed E-state index contributed by atoms with van der Waals surface area (Å²) in [6.45, 7) is 0.0897. The zero-order valence-corrected chi connectivity index (χ0v) is 10.1. The lowest BCUT2D eigenvalue weighted by Gasteiger charge is -2.06. The molecule has 0 atom stereocenters. The molecule has 0 fully saturated rings. The topological polar surface area (TPSA) is 55.4 Å². The van der Waals surface area contributed by atoms with Crippen LogP contribution in [0.2, 0.25) is 0 Å². The van der Waals surface area contributed by atoms with E-state index in [1.807, 2.05) is 0 Å². The van der Waals surface area contributed by atoms with Crippen LogP contribution in [-0.2, 0) is 9.53 Å². The van der Waals surface area contributed by atoms with Gasteiger partial charge in [0.1, 0.15) is 0 Å². The number of benzene rings is 1. The summed E-state index contributed by atoms with van der Waals surface area (Å²) in [4.78, 5) is 22.3. The van der Waals surface area contributed by atoms with Gasteiger partial charge in [-0.3, -0.25) is 9.59 Å². The first-order valence-electron chi connectivity index (χ1n) is 5.46. The molecule has 1 rings (SSSR count). The van der Waals surface area contributed by atoms with E-state index in [1.165, 1.54) is 7.11 Å². The van der Waals surface area contributed by atoms with E-state index in [4.69, 9.17) is 0 Å². The van der Waals surface area contributed by atoms with E-state index >= 15 is 0 Å². The number of hydrogen-bond acceptors (Lipinski definition) is 3. The molecule has 0 saturated carbocycles. The molecule has 0 unspecified atom stereocenters. The minimum atomic E-state index is -1.69. The van der Waals surface area contributed by atoms with Crippen LogP contribution in [0.25, 0.3) is 0 Å². The van der Waals surface area contributed by atoms with Gasteiger partial charge in [-0.05, 0) is 18.6 Å². The summed E-state index contributed by atoms with van der Waals surface area (Å²) in [5.74, 6) is -5.90. The third-order valence-electron chi connectivity index (χ3n) is 2.35. The van der Waals surface area contributed by atoms with E-state index in [9.17, 15) is 22.8 Å². The molecular weight excluding hydrogens is 263 g/mol. The predicted octanol–water partition coefficient (Wildman–Crippen LogP) is 1.79. The first-order chi connectivity index (χ1) is 8.97. The second-order valence-corrected chi connectivity index (χ2v) is 3.66. The number of halogens is 3. The van der Waals surface area contributed by atoms with Crippen molar-refractivity contribution in [3.8, 4) is 0 Å². The second kappa shape index (κ2) is 6.77. The lowest BCUT2D eigenvalue weighted by Crippen LogP contribution is -2.26. The number of rotatable bonds is 5. The molecule has 0 heterocycles. The number of carbonyl (C=O) groups is 2. The highest BCUT2D eigenvalue weighted by atomic mass is 19.2. The van der Waals surface area contributed by atoms with Crippen LogP contribution in [0, 0.1) is 17.5 Å². The summed E-state index contributed by atoms with van der Waals surface area (Å²) < 4.78 is 43.2. The van der Waals surface area contributed by atoms with Gasteiger partial charge in [0.25, 0.3) is 5.91 Å². The first-order valence-corrected chi connectivity index (χ1v) is 5.46. The maximum atomic E-state index is 13.3. The third-order valence-corrected chi connectivity index (χ3v) is 2.35. The van der Waals surface area contributed by atoms with Gasteiger partial charge in [0.15, 0.2) is 17.5 Å². The second-order valence-electron chi connectivity index (χ2n) is 3.66. The summed E-state index contributed by atoms with van der Waals surface area (Å²) in [5, 5.41) is 2.29. The van der Waals surface area contributed by atoms with Crippen LogP contribution in [0.5, 0.6) is 0 Å². The molecule has 0 aliphatic rings. The number of esters is 1. The van der Waals surface area contributed by atoms with E-state index in [2.05, 4.69) is 10.1 Å². The third kappa shape index (κ3) is 3.97. The van der Waals surface area contributed by atoms with Gasteiger partial charge in [-0.1, -0.05) is 0 Å². The van der Waals surface area contributed by atoms with Crippen molar-refractivity contribution in [1.82, 2.24) is 5.32 Å². The smallest absolute Gasteiger partial charge is 0.305 e. The Labute approximate surface area is 107 Å². The van der Waals surface area contributed by atoms with Crippen LogP contribution in [0.1, 0.15) is 23.2 Å². The van der Waals surface area contributed by atoms with Crippen LogP contribution in [-0.4, -0.2) is 25.5 Å². The SMILES string of the molecule is COC(=O)CCCNC(=O)c1ccc(F)c(F)c1F. The maximum absolute atomic E-state index is 13.3. The normalized spacial score (nSPS) is 10.1. The molecule has 0 bridgehead atoms. The van der Waals surface area contributed by atoms with E-state index in [-0.39, 0.29) is 13.0 Å². The van der Waals surface area contributed by atoms with Gasteiger partial charge in [-0.2, -0.15) is 0 Å². The number of hydrogen-bond donors (Lipinski definition) is 1. The van der Waals surface area contributed by atoms with Crippen molar-refractivity contribution < 1.29 is 27.5 Å². The Bertz CT molecular complexity index is 491. The van der Waals surface area contributed by atoms with Crippen molar-refractivity contribution in [2.75, 3.05) is 13.7 Å². The maximum Gasteiger partial charge on any atom is 0.305 e. The summed E-state index contributed by atoms with van der Waals surface area (Å²) in [5.41, 5.74) is -0.586. The Morgan fingerprint density at radius 1 is 1.21 bits per heavy atom. The van der Waals surface area contributed by atoms with Crippen LogP contribution >= 0.6 is 0 Å². The molecule has 0 saturated heterocycles. The molecule has 0 aliphatic heterocycles. The minimum Gasteiger partial charge on any atom is -0.469 e. The van der Waals surface area contributed by atoms with Crippen LogP contribution in [0.3, 0.4) is 0 Å². The zero-order chi connectivity index (χ0) is 14.4. The fourth-order valence-electron chi connectivity index (χ4n) is 1.33. The Kier molecular flexibility index (Phi) is 5.35. The summed E-state index contributed by atoms with van der Waals surface area (Å²) in [6.07, 6.45) is 0.390. The van der Waals surface area contributed by atoms with Gasteiger partial charge in [0.2, 0.25) is 0 Å². The van der Waals surface area contributed by atoms with E-state index in [0.29, 0.717) is 12.5 Å². The van der Waals surface area contributed by atoms with Gasteiger partial charge in [0.05, 0.1) is 12.7 Å². The Morgan fingerprint density at radius 3 is 2.53 bits per heavy atom. The van der Waals surface area contributed by atoms with Gasteiger partial charge in [-0.15, -0.1) is 0 Å². The molecule has 7 heteroatoms. The van der Waals surface area contributed by atoms with Gasteiger partial charge in [0, 0.05) is 13.0 Å². The largest absolute Gasteiger partial charge is 0.469 e. The molecule has 1 N–H and O–H groups in total. The number of nitrogens with one attached hydrogen (secondary N) is 1. The van der Waals surface area contributed by atoms with Crippen LogP contribution in [0.15, 0.2) is 12.1 Å². The molecule has 0 aromatic heterocycles. The lowest BCUT2D eigenvalue weighted by atomic mass is 10.2. The Hall–Kier alpha value is -2.05. The van der Waals surface area contributed by atoms with E-state index < -0.39 is 34.9 Å². The quantitative estimate of drug-likeness (QED) is 0.506. The molecule has 1 aromatic carbocycles. The fourth-order valence-corrected chi connectivity index (χ4v) is 1.33. The molecular formula is C12H12F3NO3. The summed E-state index contributed by atoms with van der Waals surface area (Å²) >= 11 is 0. The van der Waals surface area contributed by atoms with Crippen molar-refractivity contribution in [2.45, 2.75) is 12.8 Å². The summed E-state index contributed by atoms with van der Waals surface area (Å²) in [6, 6.07) is 1.52. The van der Waals surface area contributed by atoms with Crippen molar-refractivity contribution in [1.29, 1.82) is 0 Å². The van der Waals surface area contributed by atoms with Gasteiger partial charge >= 0.3 is 5.97 Å². The monoisotopic (exact) mass is 275 g/mol. The van der Waals surface area contributed by atoms with E-state index in [1.54, 1.807) is 0 Å². The molecule has 0 aliphatic carbocycles. The minimum absolute atomic E-state index is 0.0897. The van der Waals surface area contributed by atoms with Crippen molar-refractivity contribution in [2.24, 2.45) is 0 Å². The predicted molar refractivity (Wildman–Crippen MR) is 59.9 cm³/mol. The standard InChI is InChI=1S/C12H12F3NO3/c1-19-9(17)3-2-6-16-12(18)7-4-5-8(13)11(15)10(7)14/h4-5H,2-3,6H2,1H3,(H,16,18). The fraction of sp³-hybridized carbons (Fsp3) is 0.333. The van der Waals surface area contributed by atoms with Crippen LogP contribution in [0.4, 0.5) is 13.2 Å². The zero-order valence-electron chi connectivity index (χ0n) is 10.1. The van der Waals surface area contributed by atoms with Crippen molar-refractivity contribution >= 4 is 11.9 Å². The molecule has 0 radical (unpaired) electrons. The highest BCUT2D eigenvalue weighted by Crippen LogP contribution is 2.14. The Balaban J connectivity index is 2.55. The number of methoxy groups -OCH3 is 1. The highest BCUT2D eigenvalue weighted by Gasteiger charge is 2.18. The number of amides is 1. The molecule has 104 valence electrons. The van der Waals surface area contributed by atoms with E-state index in [0.717, 1.165) is 6.07 Å². The molecule has 1 aromatic rings. The average molecular weight is 275 g/mol.